The first-order chi connectivity index (χ1) is 8.63. The molecule has 1 amide bonds. The van der Waals surface area contributed by atoms with Crippen molar-refractivity contribution in [2.24, 2.45) is 0 Å². The van der Waals surface area contributed by atoms with Gasteiger partial charge in [0.25, 0.3) is 5.91 Å². The molecule has 0 atom stereocenters. The maximum absolute atomic E-state index is 11.8. The molecular weight excluding hydrogens is 236 g/mol. The van der Waals surface area contributed by atoms with E-state index in [1.807, 2.05) is 6.92 Å². The number of aromatic nitrogens is 1. The maximum atomic E-state index is 11.8. The minimum absolute atomic E-state index is 0.182. The lowest BCUT2D eigenvalue weighted by molar-refractivity contribution is -0.145. The van der Waals surface area contributed by atoms with Crippen LogP contribution in [0.25, 0.3) is 0 Å². The van der Waals surface area contributed by atoms with Crippen molar-refractivity contribution < 1.29 is 19.4 Å². The van der Waals surface area contributed by atoms with Crippen molar-refractivity contribution in [2.75, 3.05) is 19.7 Å². The number of carbonyl (C=O) groups excluding carboxylic acids is 1. The average molecular weight is 252 g/mol. The molecule has 1 aromatic rings. The molecule has 0 aliphatic rings. The fourth-order valence-electron chi connectivity index (χ4n) is 1.39. The molecule has 0 saturated heterocycles. The number of amides is 1. The van der Waals surface area contributed by atoms with Crippen molar-refractivity contribution in [2.45, 2.75) is 13.3 Å². The van der Waals surface area contributed by atoms with Crippen molar-refractivity contribution in [3.05, 3.63) is 24.5 Å². The Morgan fingerprint density at radius 2 is 2.28 bits per heavy atom. The highest BCUT2D eigenvalue weighted by Crippen LogP contribution is 2.06. The van der Waals surface area contributed by atoms with Crippen molar-refractivity contribution >= 4 is 11.9 Å². The van der Waals surface area contributed by atoms with E-state index in [9.17, 15) is 9.59 Å². The molecule has 0 unspecified atom stereocenters. The Morgan fingerprint density at radius 1 is 1.50 bits per heavy atom. The van der Waals surface area contributed by atoms with Gasteiger partial charge in [0.1, 0.15) is 12.3 Å². The summed E-state index contributed by atoms with van der Waals surface area (Å²) >= 11 is 0. The van der Waals surface area contributed by atoms with Gasteiger partial charge >= 0.3 is 5.97 Å². The predicted molar refractivity (Wildman–Crippen MR) is 64.2 cm³/mol. The van der Waals surface area contributed by atoms with Crippen LogP contribution in [-0.2, 0) is 9.59 Å². The highest BCUT2D eigenvalue weighted by atomic mass is 16.5. The van der Waals surface area contributed by atoms with Gasteiger partial charge in [-0.25, -0.2) is 0 Å². The second-order valence-electron chi connectivity index (χ2n) is 3.69. The Kier molecular flexibility index (Phi) is 5.63. The van der Waals surface area contributed by atoms with Gasteiger partial charge in [-0.1, -0.05) is 6.92 Å². The molecule has 0 fully saturated rings. The van der Waals surface area contributed by atoms with E-state index in [4.69, 9.17) is 9.84 Å². The highest BCUT2D eigenvalue weighted by molar-refractivity contribution is 5.82. The molecule has 98 valence electrons. The first-order valence-corrected chi connectivity index (χ1v) is 5.66. The number of carboxylic acid groups (broad SMARTS) is 1. The van der Waals surface area contributed by atoms with Crippen LogP contribution in [0.4, 0.5) is 0 Å². The zero-order valence-electron chi connectivity index (χ0n) is 10.2. The van der Waals surface area contributed by atoms with E-state index in [0.29, 0.717) is 18.7 Å². The molecule has 1 rings (SSSR count). The van der Waals surface area contributed by atoms with Gasteiger partial charge in [0.05, 0.1) is 6.20 Å². The molecule has 18 heavy (non-hydrogen) atoms. The number of rotatable bonds is 7. The third kappa shape index (κ3) is 4.82. The number of nitrogens with zero attached hydrogens (tertiary/aromatic N) is 2. The van der Waals surface area contributed by atoms with E-state index < -0.39 is 5.97 Å². The first-order valence-electron chi connectivity index (χ1n) is 5.66. The summed E-state index contributed by atoms with van der Waals surface area (Å²) in [5.74, 6) is -0.890. The molecule has 0 bridgehead atoms. The van der Waals surface area contributed by atoms with Gasteiger partial charge in [-0.05, 0) is 18.6 Å². The number of pyridine rings is 1. The lowest BCUT2D eigenvalue weighted by Crippen LogP contribution is -2.39. The van der Waals surface area contributed by atoms with Crippen LogP contribution in [0.3, 0.4) is 0 Å². The molecule has 1 aromatic heterocycles. The predicted octanol–water partition coefficient (Wildman–Crippen LogP) is 0.784. The van der Waals surface area contributed by atoms with Crippen LogP contribution in [0, 0.1) is 0 Å². The van der Waals surface area contributed by atoms with Crippen LogP contribution in [0.5, 0.6) is 5.75 Å². The Bertz CT molecular complexity index is 394. The first kappa shape index (κ1) is 14.0. The van der Waals surface area contributed by atoms with Crippen LogP contribution < -0.4 is 4.74 Å². The van der Waals surface area contributed by atoms with Gasteiger partial charge in [0.2, 0.25) is 0 Å². The third-order valence-corrected chi connectivity index (χ3v) is 2.17. The Hall–Kier alpha value is -2.11. The van der Waals surface area contributed by atoms with E-state index in [1.54, 1.807) is 18.3 Å². The van der Waals surface area contributed by atoms with Crippen LogP contribution in [0.1, 0.15) is 13.3 Å². The lowest BCUT2D eigenvalue weighted by Gasteiger charge is -2.19. The molecule has 0 radical (unpaired) electrons. The summed E-state index contributed by atoms with van der Waals surface area (Å²) < 4.78 is 5.23. The molecule has 0 aliphatic heterocycles. The van der Waals surface area contributed by atoms with Gasteiger partial charge in [0.15, 0.2) is 6.61 Å². The molecule has 1 heterocycles. The summed E-state index contributed by atoms with van der Waals surface area (Å²) in [4.78, 5) is 27.5. The van der Waals surface area contributed by atoms with E-state index in [2.05, 4.69) is 4.98 Å². The molecule has 0 aromatic carbocycles. The Morgan fingerprint density at radius 3 is 2.83 bits per heavy atom. The summed E-state index contributed by atoms with van der Waals surface area (Å²) in [7, 11) is 0. The van der Waals surface area contributed by atoms with Gasteiger partial charge in [-0.3, -0.25) is 14.6 Å². The normalized spacial score (nSPS) is 9.83. The number of hydrogen-bond donors (Lipinski definition) is 1. The summed E-state index contributed by atoms with van der Waals surface area (Å²) in [6, 6.07) is 3.38. The zero-order valence-corrected chi connectivity index (χ0v) is 10.2. The smallest absolute Gasteiger partial charge is 0.323 e. The van der Waals surface area contributed by atoms with E-state index in [0.717, 1.165) is 0 Å². The van der Waals surface area contributed by atoms with Crippen molar-refractivity contribution in [3.63, 3.8) is 0 Å². The molecule has 1 N–H and O–H groups in total. The minimum Gasteiger partial charge on any atom is -0.482 e. The summed E-state index contributed by atoms with van der Waals surface area (Å²) in [6.45, 7) is 1.80. The van der Waals surface area contributed by atoms with E-state index >= 15 is 0 Å². The topological polar surface area (TPSA) is 79.7 Å². The molecule has 6 nitrogen and oxygen atoms in total. The summed E-state index contributed by atoms with van der Waals surface area (Å²) in [5.41, 5.74) is 0. The number of ether oxygens (including phenoxy) is 1. The summed E-state index contributed by atoms with van der Waals surface area (Å²) in [5, 5.41) is 8.70. The quantitative estimate of drug-likeness (QED) is 0.775. The summed E-state index contributed by atoms with van der Waals surface area (Å²) in [6.07, 6.45) is 3.79. The Balaban J connectivity index is 2.48. The van der Waals surface area contributed by atoms with Crippen molar-refractivity contribution in [1.29, 1.82) is 0 Å². The van der Waals surface area contributed by atoms with Gasteiger partial charge in [-0.2, -0.15) is 0 Å². The lowest BCUT2D eigenvalue weighted by atomic mass is 10.4. The van der Waals surface area contributed by atoms with Gasteiger partial charge < -0.3 is 14.7 Å². The molecular formula is C12H16N2O4. The second-order valence-corrected chi connectivity index (χ2v) is 3.69. The second kappa shape index (κ2) is 7.26. The fourth-order valence-corrected chi connectivity index (χ4v) is 1.39. The number of hydrogen-bond acceptors (Lipinski definition) is 4. The van der Waals surface area contributed by atoms with E-state index in [1.165, 1.54) is 11.1 Å². The minimum atomic E-state index is -1.03. The maximum Gasteiger partial charge on any atom is 0.323 e. The fraction of sp³-hybridized carbons (Fsp3) is 0.417. The highest BCUT2D eigenvalue weighted by Gasteiger charge is 2.16. The van der Waals surface area contributed by atoms with Crippen molar-refractivity contribution in [3.8, 4) is 5.75 Å². The van der Waals surface area contributed by atoms with Crippen molar-refractivity contribution in [1.82, 2.24) is 9.88 Å². The SMILES string of the molecule is CCCN(CC(=O)O)C(=O)COc1cccnc1. The monoisotopic (exact) mass is 252 g/mol. The number of carbonyl (C=O) groups is 2. The largest absolute Gasteiger partial charge is 0.482 e. The Labute approximate surface area is 105 Å². The molecule has 0 aliphatic carbocycles. The van der Waals surface area contributed by atoms with Crippen LogP contribution >= 0.6 is 0 Å². The average Bonchev–Trinajstić information content (AvgIpc) is 2.36. The van der Waals surface area contributed by atoms with E-state index in [-0.39, 0.29) is 19.1 Å². The molecule has 0 saturated carbocycles. The van der Waals surface area contributed by atoms with Gasteiger partial charge in [-0.15, -0.1) is 0 Å². The zero-order chi connectivity index (χ0) is 13.4. The van der Waals surface area contributed by atoms with Crippen LogP contribution in [0.15, 0.2) is 24.5 Å². The van der Waals surface area contributed by atoms with Crippen LogP contribution in [-0.4, -0.2) is 46.6 Å². The molecule has 0 spiro atoms. The number of carboxylic acids is 1. The van der Waals surface area contributed by atoms with Gasteiger partial charge in [0, 0.05) is 12.7 Å². The molecule has 6 heteroatoms. The van der Waals surface area contributed by atoms with Crippen LogP contribution in [0.2, 0.25) is 0 Å². The third-order valence-electron chi connectivity index (χ3n) is 2.17. The number of aliphatic carboxylic acids is 1. The standard InChI is InChI=1S/C12H16N2O4/c1-2-6-14(8-12(16)17)11(15)9-18-10-4-3-5-13-7-10/h3-5,7H,2,6,8-9H2,1H3,(H,16,17).